The normalized spacial score (nSPS) is 14.2. The molecule has 0 aliphatic carbocycles. The molecule has 4 nitrogen and oxygen atoms in total. The Hall–Kier alpha value is -2.81. The highest BCUT2D eigenvalue weighted by Gasteiger charge is 2.46. The van der Waals surface area contributed by atoms with Crippen LogP contribution in [-0.4, -0.2) is 26.7 Å². The summed E-state index contributed by atoms with van der Waals surface area (Å²) in [6.07, 6.45) is -2.09. The van der Waals surface area contributed by atoms with E-state index in [9.17, 15) is 21.6 Å². The monoisotopic (exact) mass is 494 g/mol. The van der Waals surface area contributed by atoms with Crippen molar-refractivity contribution in [2.45, 2.75) is 30.1 Å². The Morgan fingerprint density at radius 3 is 2.09 bits per heavy atom. The smallest absolute Gasteiger partial charge is 0.377 e. The second-order valence-electron chi connectivity index (χ2n) is 7.40. The van der Waals surface area contributed by atoms with Crippen LogP contribution >= 0.6 is 11.6 Å². The summed E-state index contributed by atoms with van der Waals surface area (Å²) in [6.45, 7) is 1.75. The van der Waals surface area contributed by atoms with E-state index in [1.807, 2.05) is 4.72 Å². The van der Waals surface area contributed by atoms with Gasteiger partial charge in [0.05, 0.1) is 10.9 Å². The molecule has 0 bridgehead atoms. The van der Waals surface area contributed by atoms with E-state index in [1.54, 1.807) is 37.3 Å². The second-order valence-corrected chi connectivity index (χ2v) is 9.55. The predicted octanol–water partition coefficient (Wildman–Crippen LogP) is 6.05. The van der Waals surface area contributed by atoms with Gasteiger partial charge in [0.2, 0.25) is 10.0 Å². The standard InChI is InChI=1S/C24H22ClF3N2O2S/c1-17-7-14-21(15-8-17)33(31,32)30-23(24(26,27)28)22(16-9-18-5-3-2-4-6-18)29-20-12-10-19(25)11-13-20/h2-16,22-23,29-30H,1H3/b16-9+/t22-,23+/m0/s1. The second kappa shape index (κ2) is 10.4. The molecule has 0 saturated carbocycles. The average molecular weight is 495 g/mol. The topological polar surface area (TPSA) is 58.2 Å². The third kappa shape index (κ3) is 7.08. The lowest BCUT2D eigenvalue weighted by atomic mass is 10.1. The molecule has 2 N–H and O–H groups in total. The van der Waals surface area contributed by atoms with Crippen LogP contribution in [0.2, 0.25) is 5.02 Å². The number of rotatable bonds is 8. The number of hydrogen-bond acceptors (Lipinski definition) is 3. The summed E-state index contributed by atoms with van der Waals surface area (Å²) in [4.78, 5) is -0.250. The minimum absolute atomic E-state index is 0.250. The number of halogens is 4. The van der Waals surface area contributed by atoms with Crippen LogP contribution in [0, 0.1) is 6.92 Å². The fourth-order valence-electron chi connectivity index (χ4n) is 3.06. The maximum Gasteiger partial charge on any atom is 0.407 e. The quantitative estimate of drug-likeness (QED) is 0.400. The first-order chi connectivity index (χ1) is 15.5. The van der Waals surface area contributed by atoms with Crippen molar-refractivity contribution in [2.75, 3.05) is 5.32 Å². The van der Waals surface area contributed by atoms with Crippen molar-refractivity contribution < 1.29 is 21.6 Å². The molecule has 0 radical (unpaired) electrons. The van der Waals surface area contributed by atoms with E-state index in [4.69, 9.17) is 11.6 Å². The molecular formula is C24H22ClF3N2O2S. The Morgan fingerprint density at radius 2 is 1.52 bits per heavy atom. The van der Waals surface area contributed by atoms with Crippen molar-refractivity contribution in [1.82, 2.24) is 4.72 Å². The summed E-state index contributed by atoms with van der Waals surface area (Å²) in [5.74, 6) is 0. The van der Waals surface area contributed by atoms with Crippen LogP contribution < -0.4 is 10.0 Å². The van der Waals surface area contributed by atoms with Gasteiger partial charge in [0.15, 0.2) is 0 Å². The number of aryl methyl sites for hydroxylation is 1. The summed E-state index contributed by atoms with van der Waals surface area (Å²) in [5.41, 5.74) is 1.81. The van der Waals surface area contributed by atoms with E-state index in [0.29, 0.717) is 16.3 Å². The first-order valence-electron chi connectivity index (χ1n) is 9.96. The minimum Gasteiger partial charge on any atom is -0.377 e. The highest BCUT2D eigenvalue weighted by molar-refractivity contribution is 7.89. The van der Waals surface area contributed by atoms with Crippen molar-refractivity contribution in [3.05, 3.63) is 101 Å². The Kier molecular flexibility index (Phi) is 7.84. The van der Waals surface area contributed by atoms with Crippen LogP contribution in [-0.2, 0) is 10.0 Å². The lowest BCUT2D eigenvalue weighted by Gasteiger charge is -2.29. The molecule has 0 heterocycles. The molecule has 0 saturated heterocycles. The van der Waals surface area contributed by atoms with Crippen LogP contribution in [0.1, 0.15) is 11.1 Å². The van der Waals surface area contributed by atoms with Crippen molar-refractivity contribution in [2.24, 2.45) is 0 Å². The molecule has 0 fully saturated rings. The van der Waals surface area contributed by atoms with Gasteiger partial charge in [0.1, 0.15) is 6.04 Å². The van der Waals surface area contributed by atoms with E-state index in [-0.39, 0.29) is 4.90 Å². The summed E-state index contributed by atoms with van der Waals surface area (Å²) in [7, 11) is -4.45. The summed E-state index contributed by atoms with van der Waals surface area (Å²) < 4.78 is 69.9. The number of benzene rings is 3. The SMILES string of the molecule is Cc1ccc(S(=O)(=O)N[C@H]([C@H](/C=C/c2ccccc2)Nc2ccc(Cl)cc2)C(F)(F)F)cc1. The summed E-state index contributed by atoms with van der Waals surface area (Å²) in [6, 6.07) is 16.5. The van der Waals surface area contributed by atoms with Gasteiger partial charge < -0.3 is 5.32 Å². The van der Waals surface area contributed by atoms with Gasteiger partial charge in [-0.1, -0.05) is 71.8 Å². The van der Waals surface area contributed by atoms with E-state index >= 15 is 0 Å². The van der Waals surface area contributed by atoms with Gasteiger partial charge in [-0.25, -0.2) is 8.42 Å². The van der Waals surface area contributed by atoms with E-state index < -0.39 is 28.3 Å². The molecule has 33 heavy (non-hydrogen) atoms. The molecule has 0 aliphatic heterocycles. The molecule has 3 rings (SSSR count). The summed E-state index contributed by atoms with van der Waals surface area (Å²) in [5, 5.41) is 3.19. The van der Waals surface area contributed by atoms with Crippen LogP contribution in [0.15, 0.2) is 89.8 Å². The number of hydrogen-bond donors (Lipinski definition) is 2. The molecule has 0 spiro atoms. The third-order valence-corrected chi connectivity index (χ3v) is 6.51. The van der Waals surface area contributed by atoms with Crippen molar-refractivity contribution in [3.8, 4) is 0 Å². The zero-order valence-electron chi connectivity index (χ0n) is 17.6. The molecule has 0 unspecified atom stereocenters. The lowest BCUT2D eigenvalue weighted by Crippen LogP contribution is -2.54. The largest absolute Gasteiger partial charge is 0.407 e. The van der Waals surface area contributed by atoms with Gasteiger partial charge in [0, 0.05) is 10.7 Å². The van der Waals surface area contributed by atoms with Crippen LogP contribution in [0.4, 0.5) is 18.9 Å². The van der Waals surface area contributed by atoms with Crippen LogP contribution in [0.5, 0.6) is 0 Å². The average Bonchev–Trinajstić information content (AvgIpc) is 2.77. The number of anilines is 1. The fourth-order valence-corrected chi connectivity index (χ4v) is 4.43. The molecule has 9 heteroatoms. The molecular weight excluding hydrogens is 473 g/mol. The molecule has 2 atom stereocenters. The Labute approximate surface area is 196 Å². The van der Waals surface area contributed by atoms with Crippen molar-refractivity contribution in [3.63, 3.8) is 0 Å². The molecule has 0 aromatic heterocycles. The zero-order chi connectivity index (χ0) is 24.1. The molecule has 3 aromatic rings. The third-order valence-electron chi connectivity index (χ3n) is 4.80. The van der Waals surface area contributed by atoms with Crippen LogP contribution in [0.3, 0.4) is 0 Å². The maximum atomic E-state index is 14.2. The maximum absolute atomic E-state index is 14.2. The Morgan fingerprint density at radius 1 is 0.909 bits per heavy atom. The molecule has 3 aromatic carbocycles. The predicted molar refractivity (Wildman–Crippen MR) is 126 cm³/mol. The molecule has 0 amide bonds. The number of nitrogens with one attached hydrogen (secondary N) is 2. The Balaban J connectivity index is 1.98. The molecule has 174 valence electrons. The van der Waals surface area contributed by atoms with Gasteiger partial charge in [-0.05, 0) is 48.9 Å². The number of alkyl halides is 3. The highest BCUT2D eigenvalue weighted by Crippen LogP contribution is 2.28. The first kappa shape index (κ1) is 24.8. The number of sulfonamides is 1. The van der Waals surface area contributed by atoms with Gasteiger partial charge in [0.25, 0.3) is 0 Å². The van der Waals surface area contributed by atoms with Crippen molar-refractivity contribution >= 4 is 33.4 Å². The van der Waals surface area contributed by atoms with E-state index in [2.05, 4.69) is 5.32 Å². The Bertz CT molecular complexity index is 1180. The summed E-state index contributed by atoms with van der Waals surface area (Å²) >= 11 is 5.88. The van der Waals surface area contributed by atoms with Crippen LogP contribution in [0.25, 0.3) is 6.08 Å². The lowest BCUT2D eigenvalue weighted by molar-refractivity contribution is -0.152. The van der Waals surface area contributed by atoms with Crippen molar-refractivity contribution in [1.29, 1.82) is 0 Å². The molecule has 0 aliphatic rings. The van der Waals surface area contributed by atoms with Gasteiger partial charge >= 0.3 is 6.18 Å². The van der Waals surface area contributed by atoms with Gasteiger partial charge in [-0.2, -0.15) is 17.9 Å². The first-order valence-corrected chi connectivity index (χ1v) is 11.8. The van der Waals surface area contributed by atoms with E-state index in [0.717, 1.165) is 5.56 Å². The van der Waals surface area contributed by atoms with Gasteiger partial charge in [-0.3, -0.25) is 0 Å². The zero-order valence-corrected chi connectivity index (χ0v) is 19.1. The minimum atomic E-state index is -4.89. The highest BCUT2D eigenvalue weighted by atomic mass is 35.5. The fraction of sp³-hybridized carbons (Fsp3) is 0.167. The van der Waals surface area contributed by atoms with Gasteiger partial charge in [-0.15, -0.1) is 0 Å². The van der Waals surface area contributed by atoms with E-state index in [1.165, 1.54) is 60.7 Å².